The molecule has 39 heavy (non-hydrogen) atoms. The van der Waals surface area contributed by atoms with Crippen molar-refractivity contribution < 1.29 is 9.47 Å². The fourth-order valence-corrected chi connectivity index (χ4v) is 11.2. The lowest BCUT2D eigenvalue weighted by molar-refractivity contribution is 0.466. The van der Waals surface area contributed by atoms with Crippen molar-refractivity contribution in [2.75, 3.05) is 0 Å². The standard InChI is InChI=1S/C34H20NO2PS/c39-38-32-16-8-7-15-28(32)36-30-19-22(35-26-13-5-3-11-24(26)25-12-4-6-14-27(25)35)20-31(34(30)38)37-29-18-17-21-9-1-2-10-23(21)33(29)38/h1-20H. The van der Waals surface area contributed by atoms with E-state index in [-0.39, 0.29) is 0 Å². The second-order valence-corrected chi connectivity index (χ2v) is 14.3. The van der Waals surface area contributed by atoms with Crippen LogP contribution in [0, 0.1) is 0 Å². The summed E-state index contributed by atoms with van der Waals surface area (Å²) in [7, 11) is 0. The van der Waals surface area contributed by atoms with Crippen molar-refractivity contribution in [1.29, 1.82) is 0 Å². The first-order chi connectivity index (χ1) is 19.2. The summed E-state index contributed by atoms with van der Waals surface area (Å²) >= 11 is 6.83. The van der Waals surface area contributed by atoms with Gasteiger partial charge in [0.1, 0.15) is 23.0 Å². The maximum absolute atomic E-state index is 6.83. The molecule has 0 saturated heterocycles. The van der Waals surface area contributed by atoms with E-state index in [1.54, 1.807) is 0 Å². The molecule has 0 fully saturated rings. The Balaban J connectivity index is 1.40. The van der Waals surface area contributed by atoms with E-state index in [9.17, 15) is 0 Å². The number of hydrogen-bond acceptors (Lipinski definition) is 3. The molecule has 0 radical (unpaired) electrons. The molecule has 1 aromatic heterocycles. The second kappa shape index (κ2) is 7.60. The highest BCUT2D eigenvalue weighted by Gasteiger charge is 2.43. The Kier molecular flexibility index (Phi) is 4.20. The highest BCUT2D eigenvalue weighted by atomic mass is 32.4. The molecule has 0 spiro atoms. The van der Waals surface area contributed by atoms with Gasteiger partial charge in [0.05, 0.1) is 28.1 Å². The molecule has 0 saturated carbocycles. The SMILES string of the molecule is S=P12c3ccccc3Oc3cc(-n4c5ccccc5c5ccccc54)cc(c31)Oc1ccc3ccccc3c12. The van der Waals surface area contributed by atoms with E-state index in [1.807, 2.05) is 12.1 Å². The molecule has 3 heterocycles. The van der Waals surface area contributed by atoms with Gasteiger partial charge in [0.25, 0.3) is 0 Å². The summed E-state index contributed by atoms with van der Waals surface area (Å²) in [6.45, 7) is 0. The molecule has 9 rings (SSSR count). The van der Waals surface area contributed by atoms with Crippen molar-refractivity contribution in [2.45, 2.75) is 0 Å². The van der Waals surface area contributed by atoms with Crippen LogP contribution in [0.5, 0.6) is 23.0 Å². The lowest BCUT2D eigenvalue weighted by Crippen LogP contribution is -2.35. The van der Waals surface area contributed by atoms with E-state index in [0.717, 1.165) is 61.0 Å². The van der Waals surface area contributed by atoms with Crippen LogP contribution in [0.25, 0.3) is 38.3 Å². The third-order valence-corrected chi connectivity index (χ3v) is 12.9. The van der Waals surface area contributed by atoms with Crippen molar-refractivity contribution >= 4 is 66.3 Å². The quantitative estimate of drug-likeness (QED) is 0.199. The van der Waals surface area contributed by atoms with Gasteiger partial charge in [-0.05, 0) is 41.1 Å². The highest BCUT2D eigenvalue weighted by Crippen LogP contribution is 2.60. The summed E-state index contributed by atoms with van der Waals surface area (Å²) in [6, 6.07) is 39.8. The largest absolute Gasteiger partial charge is 0.456 e. The van der Waals surface area contributed by atoms with Gasteiger partial charge in [-0.2, -0.15) is 0 Å². The van der Waals surface area contributed by atoms with Crippen LogP contribution in [0.1, 0.15) is 0 Å². The molecule has 2 aliphatic rings. The molecule has 1 unspecified atom stereocenters. The number of nitrogens with zero attached hydrogens (tertiary/aromatic N) is 1. The minimum absolute atomic E-state index is 0.782. The van der Waals surface area contributed by atoms with Gasteiger partial charge in [0, 0.05) is 33.5 Å². The van der Waals surface area contributed by atoms with Gasteiger partial charge >= 0.3 is 0 Å². The Labute approximate surface area is 229 Å². The Morgan fingerprint density at radius 2 is 1.10 bits per heavy atom. The van der Waals surface area contributed by atoms with Crippen LogP contribution in [-0.4, -0.2) is 4.57 Å². The molecular formula is C34H20NO2PS. The van der Waals surface area contributed by atoms with Gasteiger partial charge in [-0.1, -0.05) is 90.7 Å². The van der Waals surface area contributed by atoms with Gasteiger partial charge in [0.2, 0.25) is 0 Å². The number of para-hydroxylation sites is 3. The number of fused-ring (bicyclic) bond motifs is 9. The molecule has 184 valence electrons. The molecule has 0 N–H and O–H groups in total. The van der Waals surface area contributed by atoms with E-state index >= 15 is 0 Å². The maximum atomic E-state index is 6.83. The molecule has 0 bridgehead atoms. The van der Waals surface area contributed by atoms with E-state index in [2.05, 4.69) is 114 Å². The van der Waals surface area contributed by atoms with Crippen LogP contribution < -0.4 is 25.4 Å². The molecule has 0 amide bonds. The normalized spacial score (nSPS) is 16.8. The molecule has 1 atom stereocenters. The Bertz CT molecular complexity index is 2160. The lowest BCUT2D eigenvalue weighted by atomic mass is 10.1. The molecule has 7 aromatic rings. The van der Waals surface area contributed by atoms with Crippen molar-refractivity contribution in [2.24, 2.45) is 0 Å². The zero-order valence-electron chi connectivity index (χ0n) is 20.7. The maximum Gasteiger partial charge on any atom is 0.142 e. The highest BCUT2D eigenvalue weighted by molar-refractivity contribution is 8.26. The topological polar surface area (TPSA) is 23.4 Å². The fraction of sp³-hybridized carbons (Fsp3) is 0. The van der Waals surface area contributed by atoms with Crippen molar-refractivity contribution in [3.05, 3.63) is 121 Å². The van der Waals surface area contributed by atoms with E-state index < -0.39 is 6.04 Å². The minimum atomic E-state index is -2.48. The summed E-state index contributed by atoms with van der Waals surface area (Å²) in [6.07, 6.45) is 0. The van der Waals surface area contributed by atoms with E-state index in [0.29, 0.717) is 0 Å². The predicted molar refractivity (Wildman–Crippen MR) is 165 cm³/mol. The van der Waals surface area contributed by atoms with Crippen LogP contribution in [-0.2, 0) is 11.8 Å². The lowest BCUT2D eigenvalue weighted by Gasteiger charge is -2.38. The smallest absolute Gasteiger partial charge is 0.142 e. The van der Waals surface area contributed by atoms with Crippen LogP contribution in [0.2, 0.25) is 0 Å². The Morgan fingerprint density at radius 1 is 0.513 bits per heavy atom. The monoisotopic (exact) mass is 537 g/mol. The molecule has 6 aromatic carbocycles. The Hall–Kier alpha value is -4.37. The third kappa shape index (κ3) is 2.75. The van der Waals surface area contributed by atoms with Gasteiger partial charge in [-0.3, -0.25) is 0 Å². The number of ether oxygens (including phenoxy) is 2. The zero-order valence-corrected chi connectivity index (χ0v) is 22.4. The van der Waals surface area contributed by atoms with Crippen LogP contribution in [0.4, 0.5) is 0 Å². The van der Waals surface area contributed by atoms with Crippen molar-refractivity contribution in [3.8, 4) is 28.7 Å². The number of hydrogen-bond donors (Lipinski definition) is 0. The van der Waals surface area contributed by atoms with Crippen LogP contribution in [0.15, 0.2) is 121 Å². The average Bonchev–Trinajstić information content (AvgIpc) is 3.31. The van der Waals surface area contributed by atoms with Crippen LogP contribution >= 0.6 is 6.04 Å². The second-order valence-electron chi connectivity index (χ2n) is 10.1. The van der Waals surface area contributed by atoms with Gasteiger partial charge < -0.3 is 14.0 Å². The number of rotatable bonds is 1. The molecule has 2 aliphatic heterocycles. The summed E-state index contributed by atoms with van der Waals surface area (Å²) in [5, 5.41) is 7.95. The van der Waals surface area contributed by atoms with Gasteiger partial charge in [-0.15, -0.1) is 0 Å². The minimum Gasteiger partial charge on any atom is -0.456 e. The Morgan fingerprint density at radius 3 is 1.85 bits per heavy atom. The summed E-state index contributed by atoms with van der Waals surface area (Å²) < 4.78 is 15.7. The zero-order chi connectivity index (χ0) is 25.7. The molecule has 5 heteroatoms. The first kappa shape index (κ1) is 21.6. The van der Waals surface area contributed by atoms with Gasteiger partial charge in [0.15, 0.2) is 0 Å². The summed E-state index contributed by atoms with van der Waals surface area (Å²) in [5.74, 6) is 3.24. The number of benzene rings is 6. The molecular weight excluding hydrogens is 517 g/mol. The van der Waals surface area contributed by atoms with E-state index in [4.69, 9.17) is 21.3 Å². The van der Waals surface area contributed by atoms with Crippen LogP contribution in [0.3, 0.4) is 0 Å². The summed E-state index contributed by atoms with van der Waals surface area (Å²) in [5.41, 5.74) is 3.28. The first-order valence-electron chi connectivity index (χ1n) is 13.0. The average molecular weight is 538 g/mol. The first-order valence-corrected chi connectivity index (χ1v) is 15.8. The molecule has 3 nitrogen and oxygen atoms in total. The predicted octanol–water partition coefficient (Wildman–Crippen LogP) is 7.90. The van der Waals surface area contributed by atoms with Crippen molar-refractivity contribution in [1.82, 2.24) is 4.57 Å². The molecule has 0 aliphatic carbocycles. The number of aromatic nitrogens is 1. The third-order valence-electron chi connectivity index (χ3n) is 8.00. The summed E-state index contributed by atoms with van der Waals surface area (Å²) in [4.78, 5) is 0. The van der Waals surface area contributed by atoms with E-state index in [1.165, 1.54) is 16.2 Å². The van der Waals surface area contributed by atoms with Crippen molar-refractivity contribution in [3.63, 3.8) is 0 Å². The van der Waals surface area contributed by atoms with Gasteiger partial charge in [-0.25, -0.2) is 0 Å². The fourth-order valence-electron chi connectivity index (χ4n) is 6.40.